The van der Waals surface area contributed by atoms with Crippen molar-refractivity contribution in [1.82, 2.24) is 0 Å². The van der Waals surface area contributed by atoms with E-state index in [1.54, 1.807) is 7.11 Å². The topological polar surface area (TPSA) is 18.5 Å². The number of rotatable bonds is 19. The molecule has 0 aromatic heterocycles. The molecule has 2 nitrogen and oxygen atoms in total. The molecule has 0 aliphatic carbocycles. The summed E-state index contributed by atoms with van der Waals surface area (Å²) in [6.07, 6.45) is 23.6. The molecular formula is C21H42O2Si. The highest BCUT2D eigenvalue weighted by Crippen LogP contribution is 2.10. The van der Waals surface area contributed by atoms with Crippen molar-refractivity contribution in [3.05, 3.63) is 24.4 Å². The quantitative estimate of drug-likeness (QED) is 0.147. The zero-order valence-corrected chi connectivity index (χ0v) is 17.6. The van der Waals surface area contributed by atoms with E-state index in [0.717, 1.165) is 13.0 Å². The van der Waals surface area contributed by atoms with E-state index in [9.17, 15) is 0 Å². The Bertz CT molecular complexity index is 279. The van der Waals surface area contributed by atoms with Crippen LogP contribution in [0, 0.1) is 0 Å². The second kappa shape index (κ2) is 20.7. The van der Waals surface area contributed by atoms with E-state index in [2.05, 4.69) is 25.7 Å². The van der Waals surface area contributed by atoms with Crippen molar-refractivity contribution < 1.29 is 8.85 Å². The van der Waals surface area contributed by atoms with E-state index in [0.29, 0.717) is 0 Å². The number of unbranched alkanes of at least 4 members (excludes halogenated alkanes) is 12. The van der Waals surface area contributed by atoms with Gasteiger partial charge in [-0.15, -0.1) is 6.58 Å². The molecule has 0 aromatic rings. The normalized spacial score (nSPS) is 12.8. The van der Waals surface area contributed by atoms with Crippen LogP contribution in [0.2, 0.25) is 0 Å². The summed E-state index contributed by atoms with van der Waals surface area (Å²) in [7, 11) is 0.178. The predicted molar refractivity (Wildman–Crippen MR) is 110 cm³/mol. The molecule has 1 unspecified atom stereocenters. The van der Waals surface area contributed by atoms with Crippen LogP contribution >= 0.6 is 0 Å². The van der Waals surface area contributed by atoms with Crippen LogP contribution in [0.1, 0.15) is 96.8 Å². The predicted octanol–water partition coefficient (Wildman–Crippen LogP) is 6.63. The summed E-state index contributed by atoms with van der Waals surface area (Å²) in [5.74, 6) is 0. The summed E-state index contributed by atoms with van der Waals surface area (Å²) in [5.41, 5.74) is 1.83. The first-order valence-corrected chi connectivity index (χ1v) is 11.9. The summed E-state index contributed by atoms with van der Waals surface area (Å²) < 4.78 is 10.9. The Morgan fingerprint density at radius 2 is 1.25 bits per heavy atom. The van der Waals surface area contributed by atoms with Crippen molar-refractivity contribution in [2.75, 3.05) is 13.7 Å². The average molecular weight is 355 g/mol. The van der Waals surface area contributed by atoms with Crippen LogP contribution in [0.15, 0.2) is 24.4 Å². The van der Waals surface area contributed by atoms with Crippen LogP contribution in [0.25, 0.3) is 0 Å². The van der Waals surface area contributed by atoms with Crippen LogP contribution in [-0.2, 0) is 8.85 Å². The third kappa shape index (κ3) is 18.0. The molecule has 0 bridgehead atoms. The number of allylic oxidation sites excluding steroid dienone is 2. The lowest BCUT2D eigenvalue weighted by atomic mass is 10.1. The summed E-state index contributed by atoms with van der Waals surface area (Å²) in [5, 5.41) is 0. The summed E-state index contributed by atoms with van der Waals surface area (Å²) in [4.78, 5) is 0. The van der Waals surface area contributed by atoms with Crippen molar-refractivity contribution >= 4 is 9.28 Å². The van der Waals surface area contributed by atoms with Gasteiger partial charge in [0.15, 0.2) is 0 Å². The molecule has 0 spiro atoms. The standard InChI is InChI=1S/C21H42O2Si/c1-4-6-7-8-9-10-11-12-13-14-15-16-17-18-19-20-21-23-24(5-2)22-3/h5,12-13,24H,2,4,6-11,14-21H2,1,3H3/b13-12-. The SMILES string of the molecule is C=C[SiH](OC)OCCCCCCCC/C=C\CCCCCCCC. The third-order valence-corrected chi connectivity index (χ3v) is 5.78. The molecule has 0 radical (unpaired) electrons. The van der Waals surface area contributed by atoms with Gasteiger partial charge in [0, 0.05) is 13.7 Å². The zero-order chi connectivity index (χ0) is 17.7. The molecule has 0 N–H and O–H groups in total. The molecule has 0 aliphatic rings. The Morgan fingerprint density at radius 1 is 0.750 bits per heavy atom. The summed E-state index contributed by atoms with van der Waals surface area (Å²) in [6.45, 7) is 6.84. The highest BCUT2D eigenvalue weighted by Gasteiger charge is 2.04. The minimum absolute atomic E-state index is 0.831. The average Bonchev–Trinajstić information content (AvgIpc) is 2.61. The van der Waals surface area contributed by atoms with Gasteiger partial charge >= 0.3 is 9.28 Å². The molecule has 0 saturated carbocycles. The molecule has 0 rings (SSSR count). The van der Waals surface area contributed by atoms with Gasteiger partial charge in [-0.05, 0) is 32.1 Å². The Kier molecular flexibility index (Phi) is 20.3. The van der Waals surface area contributed by atoms with Gasteiger partial charge < -0.3 is 8.85 Å². The van der Waals surface area contributed by atoms with Crippen LogP contribution in [0.3, 0.4) is 0 Å². The molecular weight excluding hydrogens is 312 g/mol. The molecule has 0 amide bonds. The lowest BCUT2D eigenvalue weighted by Crippen LogP contribution is -2.18. The molecule has 0 saturated heterocycles. The maximum atomic E-state index is 5.65. The van der Waals surface area contributed by atoms with Crippen LogP contribution in [-0.4, -0.2) is 23.0 Å². The highest BCUT2D eigenvalue weighted by atomic mass is 28.3. The largest absolute Gasteiger partial charge is 0.397 e. The van der Waals surface area contributed by atoms with E-state index >= 15 is 0 Å². The zero-order valence-electron chi connectivity index (χ0n) is 16.4. The minimum Gasteiger partial charge on any atom is -0.397 e. The van der Waals surface area contributed by atoms with Gasteiger partial charge in [-0.2, -0.15) is 0 Å². The Morgan fingerprint density at radius 3 is 1.75 bits per heavy atom. The van der Waals surface area contributed by atoms with E-state index in [4.69, 9.17) is 8.85 Å². The minimum atomic E-state index is -1.53. The fourth-order valence-electron chi connectivity index (χ4n) is 2.78. The molecule has 1 atom stereocenters. The first-order valence-electron chi connectivity index (χ1n) is 10.3. The Balaban J connectivity index is 3.14. The molecule has 0 aromatic carbocycles. The second-order valence-corrected chi connectivity index (χ2v) is 8.66. The molecule has 24 heavy (non-hydrogen) atoms. The maximum absolute atomic E-state index is 5.65. The van der Waals surface area contributed by atoms with Gasteiger partial charge in [-0.25, -0.2) is 0 Å². The van der Waals surface area contributed by atoms with Gasteiger partial charge in [0.05, 0.1) is 0 Å². The highest BCUT2D eigenvalue weighted by molar-refractivity contribution is 6.50. The van der Waals surface area contributed by atoms with Crippen molar-refractivity contribution in [3.63, 3.8) is 0 Å². The van der Waals surface area contributed by atoms with Crippen LogP contribution < -0.4 is 0 Å². The lowest BCUT2D eigenvalue weighted by Gasteiger charge is -2.09. The lowest BCUT2D eigenvalue weighted by molar-refractivity contribution is 0.233. The van der Waals surface area contributed by atoms with E-state index in [-0.39, 0.29) is 0 Å². The van der Waals surface area contributed by atoms with Gasteiger partial charge in [0.25, 0.3) is 0 Å². The van der Waals surface area contributed by atoms with Crippen molar-refractivity contribution in [2.45, 2.75) is 96.8 Å². The third-order valence-electron chi connectivity index (χ3n) is 4.36. The van der Waals surface area contributed by atoms with Crippen molar-refractivity contribution in [2.24, 2.45) is 0 Å². The fraction of sp³-hybridized carbons (Fsp3) is 0.810. The molecule has 0 aliphatic heterocycles. The van der Waals surface area contributed by atoms with Crippen molar-refractivity contribution in [1.29, 1.82) is 0 Å². The summed E-state index contributed by atoms with van der Waals surface area (Å²) >= 11 is 0. The molecule has 0 fully saturated rings. The second-order valence-electron chi connectivity index (χ2n) is 6.65. The van der Waals surface area contributed by atoms with Crippen LogP contribution in [0.4, 0.5) is 0 Å². The summed E-state index contributed by atoms with van der Waals surface area (Å²) in [6, 6.07) is 0. The van der Waals surface area contributed by atoms with E-state index in [1.165, 1.54) is 83.5 Å². The maximum Gasteiger partial charge on any atom is 0.347 e. The molecule has 3 heteroatoms. The number of hydrogen-bond acceptors (Lipinski definition) is 2. The van der Waals surface area contributed by atoms with Gasteiger partial charge in [-0.3, -0.25) is 0 Å². The Hall–Kier alpha value is -0.383. The van der Waals surface area contributed by atoms with E-state index < -0.39 is 9.28 Å². The first-order chi connectivity index (χ1) is 11.8. The fourth-order valence-corrected chi connectivity index (χ4v) is 3.64. The van der Waals surface area contributed by atoms with Gasteiger partial charge in [0.2, 0.25) is 0 Å². The monoisotopic (exact) mass is 354 g/mol. The smallest absolute Gasteiger partial charge is 0.347 e. The Labute approximate surface area is 153 Å². The van der Waals surface area contributed by atoms with Gasteiger partial charge in [0.1, 0.15) is 0 Å². The number of hydrogen-bond donors (Lipinski definition) is 0. The van der Waals surface area contributed by atoms with E-state index in [1.807, 2.05) is 5.70 Å². The van der Waals surface area contributed by atoms with Crippen molar-refractivity contribution in [3.8, 4) is 0 Å². The molecule has 142 valence electrons. The first kappa shape index (κ1) is 23.6. The van der Waals surface area contributed by atoms with Gasteiger partial charge in [-0.1, -0.05) is 82.6 Å². The van der Waals surface area contributed by atoms with Crippen LogP contribution in [0.5, 0.6) is 0 Å². The molecule has 0 heterocycles.